The Hall–Kier alpha value is -2.22. The second kappa shape index (κ2) is 7.12. The molecule has 2 aromatic heterocycles. The molecule has 0 aliphatic carbocycles. The molecule has 8 nitrogen and oxygen atoms in total. The van der Waals surface area contributed by atoms with Crippen molar-refractivity contribution in [3.8, 4) is 0 Å². The van der Waals surface area contributed by atoms with E-state index in [2.05, 4.69) is 43.8 Å². The van der Waals surface area contributed by atoms with Crippen LogP contribution in [0.15, 0.2) is 16.8 Å². The van der Waals surface area contributed by atoms with Crippen LogP contribution in [0.3, 0.4) is 0 Å². The average Bonchev–Trinajstić information content (AvgIpc) is 3.04. The number of aromatic nitrogens is 4. The van der Waals surface area contributed by atoms with Gasteiger partial charge in [0.05, 0.1) is 6.54 Å². The zero-order chi connectivity index (χ0) is 17.1. The van der Waals surface area contributed by atoms with E-state index in [9.17, 15) is 0 Å². The SMILES string of the molecule is CC(C)c1noc(CN2CCN(c3nccc(N(C)C)n3)CC2)n1. The van der Waals surface area contributed by atoms with Crippen LogP contribution in [-0.2, 0) is 6.54 Å². The fraction of sp³-hybridized carbons (Fsp3) is 0.625. The van der Waals surface area contributed by atoms with Crippen LogP contribution in [0.25, 0.3) is 0 Å². The summed E-state index contributed by atoms with van der Waals surface area (Å²) in [6, 6.07) is 1.92. The van der Waals surface area contributed by atoms with E-state index in [1.807, 2.05) is 31.3 Å². The van der Waals surface area contributed by atoms with Crippen molar-refractivity contribution >= 4 is 11.8 Å². The molecule has 1 fully saturated rings. The summed E-state index contributed by atoms with van der Waals surface area (Å²) in [6.45, 7) is 8.46. The molecule has 0 saturated carbocycles. The van der Waals surface area contributed by atoms with Gasteiger partial charge >= 0.3 is 0 Å². The second-order valence-electron chi connectivity index (χ2n) is 6.57. The summed E-state index contributed by atoms with van der Waals surface area (Å²) in [5.41, 5.74) is 0. The van der Waals surface area contributed by atoms with Crippen molar-refractivity contribution in [1.82, 2.24) is 25.0 Å². The van der Waals surface area contributed by atoms with E-state index in [1.54, 1.807) is 0 Å². The van der Waals surface area contributed by atoms with Crippen molar-refractivity contribution in [2.24, 2.45) is 0 Å². The van der Waals surface area contributed by atoms with Gasteiger partial charge in [0.2, 0.25) is 11.8 Å². The van der Waals surface area contributed by atoms with Crippen molar-refractivity contribution < 1.29 is 4.52 Å². The van der Waals surface area contributed by atoms with Gasteiger partial charge in [-0.15, -0.1) is 0 Å². The van der Waals surface area contributed by atoms with Crippen molar-refractivity contribution in [2.75, 3.05) is 50.1 Å². The number of hydrogen-bond acceptors (Lipinski definition) is 8. The van der Waals surface area contributed by atoms with E-state index in [4.69, 9.17) is 4.52 Å². The lowest BCUT2D eigenvalue weighted by atomic mass is 10.2. The Morgan fingerprint density at radius 1 is 1.17 bits per heavy atom. The fourth-order valence-corrected chi connectivity index (χ4v) is 2.60. The maximum atomic E-state index is 5.34. The molecule has 0 N–H and O–H groups in total. The van der Waals surface area contributed by atoms with Crippen molar-refractivity contribution in [3.05, 3.63) is 24.0 Å². The van der Waals surface area contributed by atoms with Crippen molar-refractivity contribution in [3.63, 3.8) is 0 Å². The van der Waals surface area contributed by atoms with Crippen LogP contribution in [0.4, 0.5) is 11.8 Å². The monoisotopic (exact) mass is 331 g/mol. The maximum absolute atomic E-state index is 5.34. The summed E-state index contributed by atoms with van der Waals surface area (Å²) >= 11 is 0. The zero-order valence-electron chi connectivity index (χ0n) is 14.8. The molecule has 2 aromatic rings. The van der Waals surface area contributed by atoms with Crippen LogP contribution in [0.5, 0.6) is 0 Å². The lowest BCUT2D eigenvalue weighted by Crippen LogP contribution is -2.46. The maximum Gasteiger partial charge on any atom is 0.240 e. The Morgan fingerprint density at radius 3 is 2.54 bits per heavy atom. The van der Waals surface area contributed by atoms with Crippen LogP contribution < -0.4 is 9.80 Å². The molecule has 130 valence electrons. The van der Waals surface area contributed by atoms with Gasteiger partial charge in [0, 0.05) is 52.4 Å². The second-order valence-corrected chi connectivity index (χ2v) is 6.57. The largest absolute Gasteiger partial charge is 0.363 e. The molecular weight excluding hydrogens is 306 g/mol. The van der Waals surface area contributed by atoms with E-state index in [0.29, 0.717) is 18.4 Å². The average molecular weight is 331 g/mol. The van der Waals surface area contributed by atoms with E-state index < -0.39 is 0 Å². The first-order valence-corrected chi connectivity index (χ1v) is 8.33. The molecule has 0 aromatic carbocycles. The molecule has 0 unspecified atom stereocenters. The number of nitrogens with zero attached hydrogens (tertiary/aromatic N) is 7. The molecule has 3 heterocycles. The first-order valence-electron chi connectivity index (χ1n) is 8.33. The smallest absolute Gasteiger partial charge is 0.240 e. The molecule has 3 rings (SSSR count). The minimum Gasteiger partial charge on any atom is -0.363 e. The van der Waals surface area contributed by atoms with Gasteiger partial charge in [0.15, 0.2) is 5.82 Å². The molecule has 8 heteroatoms. The Morgan fingerprint density at radius 2 is 1.92 bits per heavy atom. The Labute approximate surface area is 142 Å². The van der Waals surface area contributed by atoms with Crippen LogP contribution >= 0.6 is 0 Å². The van der Waals surface area contributed by atoms with E-state index in [0.717, 1.165) is 43.8 Å². The van der Waals surface area contributed by atoms with Crippen LogP contribution in [0.2, 0.25) is 0 Å². The standard InChI is InChI=1S/C16H25N7O/c1-12(2)15-19-14(24-20-15)11-22-7-9-23(10-8-22)16-17-6-5-13(18-16)21(3)4/h5-6,12H,7-11H2,1-4H3. The van der Waals surface area contributed by atoms with Gasteiger partial charge in [0.1, 0.15) is 5.82 Å². The third-order valence-corrected chi connectivity index (χ3v) is 4.10. The highest BCUT2D eigenvalue weighted by Crippen LogP contribution is 2.16. The van der Waals surface area contributed by atoms with E-state index >= 15 is 0 Å². The number of rotatable bonds is 5. The third kappa shape index (κ3) is 3.81. The molecule has 0 amide bonds. The number of piperazine rings is 1. The van der Waals surface area contributed by atoms with Crippen LogP contribution in [-0.4, -0.2) is 65.3 Å². The lowest BCUT2D eigenvalue weighted by Gasteiger charge is -2.34. The summed E-state index contributed by atoms with van der Waals surface area (Å²) in [6.07, 6.45) is 1.82. The Bertz CT molecular complexity index is 662. The molecular formula is C16H25N7O. The molecule has 0 atom stereocenters. The van der Waals surface area contributed by atoms with E-state index in [1.165, 1.54) is 0 Å². The highest BCUT2D eigenvalue weighted by Gasteiger charge is 2.21. The van der Waals surface area contributed by atoms with Gasteiger partial charge in [-0.25, -0.2) is 4.98 Å². The van der Waals surface area contributed by atoms with Crippen molar-refractivity contribution in [1.29, 1.82) is 0 Å². The van der Waals surface area contributed by atoms with Gasteiger partial charge in [-0.1, -0.05) is 19.0 Å². The molecule has 0 bridgehead atoms. The topological polar surface area (TPSA) is 74.4 Å². The minimum atomic E-state index is 0.292. The summed E-state index contributed by atoms with van der Waals surface area (Å²) in [5.74, 6) is 3.48. The Balaban J connectivity index is 1.56. The molecule has 1 aliphatic heterocycles. The van der Waals surface area contributed by atoms with Crippen LogP contribution in [0.1, 0.15) is 31.5 Å². The van der Waals surface area contributed by atoms with Gasteiger partial charge in [-0.2, -0.15) is 9.97 Å². The van der Waals surface area contributed by atoms with Crippen molar-refractivity contribution in [2.45, 2.75) is 26.3 Å². The third-order valence-electron chi connectivity index (χ3n) is 4.10. The first kappa shape index (κ1) is 16.6. The lowest BCUT2D eigenvalue weighted by molar-refractivity contribution is 0.214. The predicted octanol–water partition coefficient (Wildman–Crippen LogP) is 1.37. The minimum absolute atomic E-state index is 0.292. The molecule has 1 aliphatic rings. The highest BCUT2D eigenvalue weighted by atomic mass is 16.5. The summed E-state index contributed by atoms with van der Waals surface area (Å²) in [4.78, 5) is 20.0. The predicted molar refractivity (Wildman–Crippen MR) is 92.2 cm³/mol. The number of hydrogen-bond donors (Lipinski definition) is 0. The molecule has 0 spiro atoms. The van der Waals surface area contributed by atoms with E-state index in [-0.39, 0.29) is 0 Å². The Kier molecular flexibility index (Phi) is 4.94. The molecule has 24 heavy (non-hydrogen) atoms. The highest BCUT2D eigenvalue weighted by molar-refractivity contribution is 5.42. The summed E-state index contributed by atoms with van der Waals surface area (Å²) in [7, 11) is 3.97. The molecule has 0 radical (unpaired) electrons. The quantitative estimate of drug-likeness (QED) is 0.813. The van der Waals surface area contributed by atoms with Gasteiger partial charge in [0.25, 0.3) is 0 Å². The van der Waals surface area contributed by atoms with Crippen LogP contribution in [0, 0.1) is 0 Å². The number of anilines is 2. The normalized spacial score (nSPS) is 16.0. The summed E-state index contributed by atoms with van der Waals surface area (Å²) < 4.78 is 5.34. The molecule has 1 saturated heterocycles. The van der Waals surface area contributed by atoms with Gasteiger partial charge in [-0.05, 0) is 6.07 Å². The first-order chi connectivity index (χ1) is 11.5. The zero-order valence-corrected chi connectivity index (χ0v) is 14.8. The van der Waals surface area contributed by atoms with Gasteiger partial charge in [-0.3, -0.25) is 4.90 Å². The van der Waals surface area contributed by atoms with Gasteiger partial charge < -0.3 is 14.3 Å². The fourth-order valence-electron chi connectivity index (χ4n) is 2.60. The summed E-state index contributed by atoms with van der Waals surface area (Å²) in [5, 5.41) is 4.02.